The van der Waals surface area contributed by atoms with Gasteiger partial charge in [-0.1, -0.05) is 0 Å². The quantitative estimate of drug-likeness (QED) is 0.733. The van der Waals surface area contributed by atoms with Crippen molar-refractivity contribution >= 4 is 21.9 Å². The summed E-state index contributed by atoms with van der Waals surface area (Å²) >= 11 is 0. The fraction of sp³-hybridized carbons (Fsp3) is 0.529. The smallest absolute Gasteiger partial charge is 0.310 e. The molecule has 1 aromatic carbocycles. The zero-order chi connectivity index (χ0) is 18.6. The number of carbonyl (C=O) groups excluding carboxylic acids is 2. The third-order valence-corrected chi connectivity index (χ3v) is 6.03. The maximum atomic E-state index is 12.8. The SMILES string of the molecule is CCOC(=O)C1CCCN(S(=O)(=O)c2ccc(C(=O)N(C)C)cc2)C1. The average molecular weight is 368 g/mol. The molecule has 1 atom stereocenters. The Kier molecular flexibility index (Phi) is 6.18. The number of ether oxygens (including phenoxy) is 1. The van der Waals surface area contributed by atoms with Crippen molar-refractivity contribution in [3.63, 3.8) is 0 Å². The lowest BCUT2D eigenvalue weighted by Crippen LogP contribution is -2.42. The van der Waals surface area contributed by atoms with Crippen molar-refractivity contribution < 1.29 is 22.7 Å². The third kappa shape index (κ3) is 4.38. The molecular formula is C17H24N2O5S. The molecule has 7 nitrogen and oxygen atoms in total. The van der Waals surface area contributed by atoms with Crippen molar-refractivity contribution in [2.45, 2.75) is 24.7 Å². The van der Waals surface area contributed by atoms with Gasteiger partial charge in [-0.25, -0.2) is 8.42 Å². The van der Waals surface area contributed by atoms with E-state index in [2.05, 4.69) is 0 Å². The number of benzene rings is 1. The highest BCUT2D eigenvalue weighted by atomic mass is 32.2. The fourth-order valence-electron chi connectivity index (χ4n) is 2.79. The Morgan fingerprint density at radius 3 is 2.44 bits per heavy atom. The van der Waals surface area contributed by atoms with Crippen molar-refractivity contribution in [2.75, 3.05) is 33.8 Å². The van der Waals surface area contributed by atoms with E-state index in [1.807, 2.05) is 0 Å². The van der Waals surface area contributed by atoms with E-state index in [0.29, 0.717) is 24.9 Å². The second kappa shape index (κ2) is 7.97. The molecule has 1 aliphatic heterocycles. The molecule has 8 heteroatoms. The number of esters is 1. The summed E-state index contributed by atoms with van der Waals surface area (Å²) < 4.78 is 31.9. The summed E-state index contributed by atoms with van der Waals surface area (Å²) in [5.41, 5.74) is 0.423. The zero-order valence-electron chi connectivity index (χ0n) is 14.8. The van der Waals surface area contributed by atoms with Gasteiger partial charge in [0, 0.05) is 32.7 Å². The largest absolute Gasteiger partial charge is 0.466 e. The molecule has 1 saturated heterocycles. The van der Waals surface area contributed by atoms with Crippen molar-refractivity contribution in [3.05, 3.63) is 29.8 Å². The third-order valence-electron chi connectivity index (χ3n) is 4.15. The maximum absolute atomic E-state index is 12.8. The van der Waals surface area contributed by atoms with Crippen LogP contribution in [0.15, 0.2) is 29.2 Å². The predicted molar refractivity (Wildman–Crippen MR) is 92.6 cm³/mol. The first-order valence-electron chi connectivity index (χ1n) is 8.26. The summed E-state index contributed by atoms with van der Waals surface area (Å²) in [4.78, 5) is 25.4. The molecule has 138 valence electrons. The van der Waals surface area contributed by atoms with Gasteiger partial charge < -0.3 is 9.64 Å². The number of sulfonamides is 1. The molecule has 1 heterocycles. The highest BCUT2D eigenvalue weighted by molar-refractivity contribution is 7.89. The average Bonchev–Trinajstić information content (AvgIpc) is 2.61. The van der Waals surface area contributed by atoms with Crippen LogP contribution in [0.3, 0.4) is 0 Å². The van der Waals surface area contributed by atoms with E-state index in [-0.39, 0.29) is 29.9 Å². The topological polar surface area (TPSA) is 84.0 Å². The molecule has 1 aromatic rings. The Hall–Kier alpha value is -1.93. The minimum atomic E-state index is -3.71. The Morgan fingerprint density at radius 2 is 1.88 bits per heavy atom. The van der Waals surface area contributed by atoms with Gasteiger partial charge in [-0.05, 0) is 44.0 Å². The van der Waals surface area contributed by atoms with Gasteiger partial charge in [-0.15, -0.1) is 0 Å². The van der Waals surface area contributed by atoms with Crippen molar-refractivity contribution in [1.29, 1.82) is 0 Å². The molecular weight excluding hydrogens is 344 g/mol. The predicted octanol–water partition coefficient (Wildman–Crippen LogP) is 1.35. The number of amides is 1. The van der Waals surface area contributed by atoms with Crippen LogP contribution < -0.4 is 0 Å². The molecule has 0 aliphatic carbocycles. The van der Waals surface area contributed by atoms with Gasteiger partial charge >= 0.3 is 5.97 Å². The molecule has 0 spiro atoms. The summed E-state index contributed by atoms with van der Waals surface area (Å²) in [7, 11) is -0.435. The van der Waals surface area contributed by atoms with Crippen LogP contribution in [-0.2, 0) is 19.6 Å². The molecule has 0 N–H and O–H groups in total. The molecule has 0 saturated carbocycles. The van der Waals surface area contributed by atoms with Crippen LogP contribution >= 0.6 is 0 Å². The van der Waals surface area contributed by atoms with Gasteiger partial charge in [0.15, 0.2) is 0 Å². The van der Waals surface area contributed by atoms with Crippen LogP contribution in [0, 0.1) is 5.92 Å². The Bertz CT molecular complexity index is 728. The number of hydrogen-bond acceptors (Lipinski definition) is 5. The van der Waals surface area contributed by atoms with Gasteiger partial charge in [0.05, 0.1) is 17.4 Å². The van der Waals surface area contributed by atoms with E-state index < -0.39 is 15.9 Å². The van der Waals surface area contributed by atoms with Gasteiger partial charge in [0.25, 0.3) is 5.91 Å². The standard InChI is InChI=1S/C17H24N2O5S/c1-4-24-17(21)14-6-5-11-19(12-14)25(22,23)15-9-7-13(8-10-15)16(20)18(2)3/h7-10,14H,4-6,11-12H2,1-3H3. The Labute approximate surface area is 148 Å². The fourth-order valence-corrected chi connectivity index (χ4v) is 4.31. The highest BCUT2D eigenvalue weighted by Crippen LogP contribution is 2.25. The molecule has 1 aliphatic rings. The van der Waals surface area contributed by atoms with Gasteiger partial charge in [-0.2, -0.15) is 4.31 Å². The van der Waals surface area contributed by atoms with Crippen LogP contribution in [-0.4, -0.2) is 63.3 Å². The van der Waals surface area contributed by atoms with Crippen LogP contribution in [0.4, 0.5) is 0 Å². The van der Waals surface area contributed by atoms with E-state index in [9.17, 15) is 18.0 Å². The van der Waals surface area contributed by atoms with Gasteiger partial charge in [-0.3, -0.25) is 9.59 Å². The molecule has 25 heavy (non-hydrogen) atoms. The number of carbonyl (C=O) groups is 2. The lowest BCUT2D eigenvalue weighted by Gasteiger charge is -2.30. The van der Waals surface area contributed by atoms with Crippen LogP contribution in [0.1, 0.15) is 30.1 Å². The van der Waals surface area contributed by atoms with Gasteiger partial charge in [0.2, 0.25) is 10.0 Å². The second-order valence-corrected chi connectivity index (χ2v) is 8.12. The maximum Gasteiger partial charge on any atom is 0.310 e. The molecule has 1 unspecified atom stereocenters. The van der Waals surface area contributed by atoms with E-state index in [1.54, 1.807) is 21.0 Å². The number of rotatable bonds is 5. The Morgan fingerprint density at radius 1 is 1.24 bits per heavy atom. The van der Waals surface area contributed by atoms with Crippen LogP contribution in [0.2, 0.25) is 0 Å². The molecule has 0 bridgehead atoms. The second-order valence-electron chi connectivity index (χ2n) is 6.18. The summed E-state index contributed by atoms with van der Waals surface area (Å²) in [6, 6.07) is 5.87. The zero-order valence-corrected chi connectivity index (χ0v) is 15.6. The van der Waals surface area contributed by atoms with E-state index >= 15 is 0 Å². The minimum absolute atomic E-state index is 0.118. The molecule has 0 aromatic heterocycles. The number of hydrogen-bond donors (Lipinski definition) is 0. The van der Waals surface area contributed by atoms with Crippen molar-refractivity contribution in [3.8, 4) is 0 Å². The first kappa shape index (κ1) is 19.4. The first-order valence-corrected chi connectivity index (χ1v) is 9.70. The molecule has 2 rings (SSSR count). The number of piperidine rings is 1. The lowest BCUT2D eigenvalue weighted by molar-refractivity contribution is -0.149. The first-order chi connectivity index (χ1) is 11.8. The van der Waals surface area contributed by atoms with E-state index in [1.165, 1.54) is 33.5 Å². The summed E-state index contributed by atoms with van der Waals surface area (Å²) in [5.74, 6) is -0.975. The van der Waals surface area contributed by atoms with Crippen LogP contribution in [0.25, 0.3) is 0 Å². The van der Waals surface area contributed by atoms with E-state index in [0.717, 1.165) is 0 Å². The minimum Gasteiger partial charge on any atom is -0.466 e. The summed E-state index contributed by atoms with van der Waals surface area (Å²) in [6.45, 7) is 2.51. The number of nitrogens with zero attached hydrogens (tertiary/aromatic N) is 2. The monoisotopic (exact) mass is 368 g/mol. The molecule has 1 fully saturated rings. The van der Waals surface area contributed by atoms with Crippen molar-refractivity contribution in [2.24, 2.45) is 5.92 Å². The highest BCUT2D eigenvalue weighted by Gasteiger charge is 2.34. The normalized spacial score (nSPS) is 18.6. The summed E-state index contributed by atoms with van der Waals surface area (Å²) in [5, 5.41) is 0. The molecule has 0 radical (unpaired) electrons. The van der Waals surface area contributed by atoms with Gasteiger partial charge in [0.1, 0.15) is 0 Å². The van der Waals surface area contributed by atoms with Crippen molar-refractivity contribution in [1.82, 2.24) is 9.21 Å². The van der Waals surface area contributed by atoms with Crippen LogP contribution in [0.5, 0.6) is 0 Å². The molecule has 1 amide bonds. The lowest BCUT2D eigenvalue weighted by atomic mass is 10.0. The Balaban J connectivity index is 2.17. The van der Waals surface area contributed by atoms with E-state index in [4.69, 9.17) is 4.74 Å². The summed E-state index contributed by atoms with van der Waals surface area (Å²) in [6.07, 6.45) is 1.24.